The number of hydrogen-bond acceptors (Lipinski definition) is 2. The lowest BCUT2D eigenvalue weighted by atomic mass is 9.93. The third-order valence-corrected chi connectivity index (χ3v) is 3.66. The molecule has 1 aliphatic heterocycles. The van der Waals surface area contributed by atoms with Gasteiger partial charge in [0.25, 0.3) is 0 Å². The van der Waals surface area contributed by atoms with E-state index in [1.54, 1.807) is 7.11 Å². The predicted octanol–water partition coefficient (Wildman–Crippen LogP) is 3.97. The molecule has 1 heterocycles. The first-order valence-electron chi connectivity index (χ1n) is 6.70. The maximum atomic E-state index is 5.20. The zero-order chi connectivity index (χ0) is 14.0. The number of nitrogens with zero attached hydrogens (tertiary/aromatic N) is 1. The van der Waals surface area contributed by atoms with Gasteiger partial charge in [-0.25, -0.2) is 0 Å². The molecule has 0 aliphatic carbocycles. The van der Waals surface area contributed by atoms with Crippen molar-refractivity contribution in [3.63, 3.8) is 0 Å². The molecule has 0 bridgehead atoms. The maximum Gasteiger partial charge on any atom is 0.118 e. The molecule has 1 unspecified atom stereocenters. The first-order chi connectivity index (χ1) is 9.71. The van der Waals surface area contributed by atoms with Crippen LogP contribution in [0.2, 0.25) is 0 Å². The normalized spacial score (nSPS) is 20.8. The second-order valence-electron chi connectivity index (χ2n) is 5.07. The molecule has 0 aromatic heterocycles. The molecule has 2 nitrogen and oxygen atoms in total. The Kier molecular flexibility index (Phi) is 3.15. The minimum absolute atomic E-state index is 0.294. The first-order valence-corrected chi connectivity index (χ1v) is 6.70. The van der Waals surface area contributed by atoms with E-state index in [0.717, 1.165) is 17.0 Å². The van der Waals surface area contributed by atoms with Crippen molar-refractivity contribution >= 4 is 5.71 Å². The van der Waals surface area contributed by atoms with Gasteiger partial charge in [0.1, 0.15) is 11.3 Å². The van der Waals surface area contributed by atoms with Crippen LogP contribution in [0.5, 0.6) is 5.75 Å². The van der Waals surface area contributed by atoms with E-state index in [-0.39, 0.29) is 5.54 Å². The van der Waals surface area contributed by atoms with Crippen molar-refractivity contribution in [1.82, 2.24) is 0 Å². The van der Waals surface area contributed by atoms with E-state index in [9.17, 15) is 0 Å². The van der Waals surface area contributed by atoms with E-state index in [4.69, 9.17) is 9.73 Å². The number of hydrogen-bond donors (Lipinski definition) is 0. The Morgan fingerprint density at radius 1 is 0.950 bits per heavy atom. The summed E-state index contributed by atoms with van der Waals surface area (Å²) in [7, 11) is 1.68. The van der Waals surface area contributed by atoms with E-state index in [0.29, 0.717) is 0 Å². The Morgan fingerprint density at radius 3 is 2.30 bits per heavy atom. The van der Waals surface area contributed by atoms with Gasteiger partial charge in [-0.15, -0.1) is 0 Å². The van der Waals surface area contributed by atoms with Crippen molar-refractivity contribution in [2.24, 2.45) is 4.99 Å². The molecule has 20 heavy (non-hydrogen) atoms. The van der Waals surface area contributed by atoms with Gasteiger partial charge < -0.3 is 4.74 Å². The number of rotatable bonds is 3. The maximum absolute atomic E-state index is 5.20. The molecule has 0 saturated heterocycles. The van der Waals surface area contributed by atoms with Gasteiger partial charge in [-0.1, -0.05) is 48.5 Å². The number of ether oxygens (including phenoxy) is 1. The van der Waals surface area contributed by atoms with Crippen LogP contribution >= 0.6 is 0 Å². The van der Waals surface area contributed by atoms with Crippen LogP contribution in [0.1, 0.15) is 18.1 Å². The highest BCUT2D eigenvalue weighted by Gasteiger charge is 2.27. The van der Waals surface area contributed by atoms with Gasteiger partial charge in [0.15, 0.2) is 0 Å². The van der Waals surface area contributed by atoms with Crippen LogP contribution < -0.4 is 4.74 Å². The van der Waals surface area contributed by atoms with Crippen molar-refractivity contribution < 1.29 is 4.74 Å². The van der Waals surface area contributed by atoms with Gasteiger partial charge in [0.2, 0.25) is 0 Å². The standard InChI is InChI=1S/C18H17NO/c1-18(15-8-10-16(20-2)11-9-15)13-12-17(19-18)14-6-4-3-5-7-14/h3-13H,1-2H3. The van der Waals surface area contributed by atoms with Gasteiger partial charge >= 0.3 is 0 Å². The topological polar surface area (TPSA) is 21.6 Å². The van der Waals surface area contributed by atoms with E-state index in [1.807, 2.05) is 30.3 Å². The summed E-state index contributed by atoms with van der Waals surface area (Å²) in [4.78, 5) is 4.88. The lowest BCUT2D eigenvalue weighted by Gasteiger charge is -2.19. The monoisotopic (exact) mass is 263 g/mol. The van der Waals surface area contributed by atoms with Crippen LogP contribution in [0.15, 0.2) is 71.7 Å². The molecule has 2 aromatic rings. The number of allylic oxidation sites excluding steroid dienone is 1. The molecule has 0 fully saturated rings. The Balaban J connectivity index is 1.94. The van der Waals surface area contributed by atoms with Crippen molar-refractivity contribution in [1.29, 1.82) is 0 Å². The first kappa shape index (κ1) is 12.7. The average molecular weight is 263 g/mol. The third-order valence-electron chi connectivity index (χ3n) is 3.66. The molecule has 2 heteroatoms. The van der Waals surface area contributed by atoms with E-state index < -0.39 is 0 Å². The summed E-state index contributed by atoms with van der Waals surface area (Å²) in [6, 6.07) is 18.4. The van der Waals surface area contributed by atoms with Crippen molar-refractivity contribution in [2.75, 3.05) is 7.11 Å². The molecular weight excluding hydrogens is 246 g/mol. The molecule has 1 atom stereocenters. The number of aliphatic imine (C=N–C) groups is 1. The van der Waals surface area contributed by atoms with Crippen LogP contribution in [0.25, 0.3) is 0 Å². The average Bonchev–Trinajstić information content (AvgIpc) is 2.92. The minimum atomic E-state index is -0.294. The third kappa shape index (κ3) is 2.25. The van der Waals surface area contributed by atoms with Crippen LogP contribution in [0.3, 0.4) is 0 Å². The van der Waals surface area contributed by atoms with Crippen molar-refractivity contribution in [3.8, 4) is 5.75 Å². The molecule has 0 spiro atoms. The molecule has 0 radical (unpaired) electrons. The zero-order valence-corrected chi connectivity index (χ0v) is 11.7. The molecule has 0 saturated carbocycles. The van der Waals surface area contributed by atoms with Crippen LogP contribution in [-0.2, 0) is 5.54 Å². The highest BCUT2D eigenvalue weighted by atomic mass is 16.5. The highest BCUT2D eigenvalue weighted by molar-refractivity contribution is 6.10. The second-order valence-corrected chi connectivity index (χ2v) is 5.07. The van der Waals surface area contributed by atoms with Gasteiger partial charge in [0.05, 0.1) is 12.8 Å². The van der Waals surface area contributed by atoms with Gasteiger partial charge in [-0.2, -0.15) is 0 Å². The summed E-state index contributed by atoms with van der Waals surface area (Å²) >= 11 is 0. The summed E-state index contributed by atoms with van der Waals surface area (Å²) in [5.41, 5.74) is 3.06. The van der Waals surface area contributed by atoms with Crippen LogP contribution in [-0.4, -0.2) is 12.8 Å². The fraction of sp³-hybridized carbons (Fsp3) is 0.167. The Hall–Kier alpha value is -2.35. The van der Waals surface area contributed by atoms with E-state index >= 15 is 0 Å². The summed E-state index contributed by atoms with van der Waals surface area (Å²) in [5.74, 6) is 0.867. The van der Waals surface area contributed by atoms with Gasteiger partial charge in [-0.3, -0.25) is 4.99 Å². The summed E-state index contributed by atoms with van der Waals surface area (Å²) in [6.07, 6.45) is 4.25. The van der Waals surface area contributed by atoms with E-state index in [1.165, 1.54) is 5.56 Å². The van der Waals surface area contributed by atoms with E-state index in [2.05, 4.69) is 43.3 Å². The van der Waals surface area contributed by atoms with Crippen molar-refractivity contribution in [3.05, 3.63) is 77.9 Å². The molecule has 0 amide bonds. The van der Waals surface area contributed by atoms with Crippen molar-refractivity contribution in [2.45, 2.75) is 12.5 Å². The number of benzene rings is 2. The fourth-order valence-electron chi connectivity index (χ4n) is 2.42. The largest absolute Gasteiger partial charge is 0.497 e. The zero-order valence-electron chi connectivity index (χ0n) is 11.7. The molecule has 2 aromatic carbocycles. The smallest absolute Gasteiger partial charge is 0.118 e. The second kappa shape index (κ2) is 4.97. The Morgan fingerprint density at radius 2 is 1.65 bits per heavy atom. The Bertz CT molecular complexity index is 656. The highest BCUT2D eigenvalue weighted by Crippen LogP contribution is 2.33. The summed E-state index contributed by atoms with van der Waals surface area (Å²) in [6.45, 7) is 2.13. The summed E-state index contributed by atoms with van der Waals surface area (Å²) in [5, 5.41) is 0. The SMILES string of the molecule is COc1ccc(C2(C)C=CC(c3ccccc3)=N2)cc1. The fourth-order valence-corrected chi connectivity index (χ4v) is 2.42. The Labute approximate surface area is 119 Å². The minimum Gasteiger partial charge on any atom is -0.497 e. The molecular formula is C18H17NO. The van der Waals surface area contributed by atoms with Gasteiger partial charge in [0, 0.05) is 0 Å². The van der Waals surface area contributed by atoms with Gasteiger partial charge in [-0.05, 0) is 36.3 Å². The lowest BCUT2D eigenvalue weighted by molar-refractivity contribution is 0.414. The number of methoxy groups -OCH3 is 1. The molecule has 100 valence electrons. The lowest BCUT2D eigenvalue weighted by Crippen LogP contribution is -2.13. The quantitative estimate of drug-likeness (QED) is 0.821. The molecule has 1 aliphatic rings. The van der Waals surface area contributed by atoms with Crippen LogP contribution in [0.4, 0.5) is 0 Å². The molecule has 3 rings (SSSR count). The predicted molar refractivity (Wildman–Crippen MR) is 82.5 cm³/mol. The molecule has 0 N–H and O–H groups in total. The summed E-state index contributed by atoms with van der Waals surface area (Å²) < 4.78 is 5.20. The van der Waals surface area contributed by atoms with Crippen LogP contribution in [0, 0.1) is 0 Å².